The van der Waals surface area contributed by atoms with Crippen molar-refractivity contribution in [1.29, 1.82) is 0 Å². The maximum Gasteiger partial charge on any atom is 0.240 e. The second-order valence-electron chi connectivity index (χ2n) is 7.46. The molecule has 0 radical (unpaired) electrons. The number of nitrogens with zero attached hydrogens (tertiary/aromatic N) is 3. The van der Waals surface area contributed by atoms with Gasteiger partial charge in [0, 0.05) is 26.2 Å². The van der Waals surface area contributed by atoms with Crippen LogP contribution in [-0.2, 0) is 9.59 Å². The molecule has 1 N–H and O–H groups in total. The SMILES string of the molecule is C#CCNC(=O)CN1CCCN(C(=O)[C@H](C2CC2)N2CCCC2)CC1. The van der Waals surface area contributed by atoms with Crippen molar-refractivity contribution in [2.45, 2.75) is 38.1 Å². The first-order chi connectivity index (χ1) is 12.2. The zero-order chi connectivity index (χ0) is 17.6. The predicted molar refractivity (Wildman–Crippen MR) is 96.8 cm³/mol. The van der Waals surface area contributed by atoms with E-state index in [1.54, 1.807) is 0 Å². The molecule has 0 unspecified atom stereocenters. The smallest absolute Gasteiger partial charge is 0.240 e. The molecule has 0 aromatic carbocycles. The number of likely N-dealkylation sites (tertiary alicyclic amines) is 1. The molecule has 2 heterocycles. The zero-order valence-corrected chi connectivity index (χ0v) is 15.1. The summed E-state index contributed by atoms with van der Waals surface area (Å²) in [7, 11) is 0. The highest BCUT2D eigenvalue weighted by molar-refractivity contribution is 5.83. The lowest BCUT2D eigenvalue weighted by Crippen LogP contribution is -2.50. The minimum Gasteiger partial charge on any atom is -0.344 e. The number of nitrogens with one attached hydrogen (secondary N) is 1. The van der Waals surface area contributed by atoms with Gasteiger partial charge in [0.05, 0.1) is 19.1 Å². The number of amides is 2. The Labute approximate surface area is 150 Å². The fourth-order valence-electron chi connectivity index (χ4n) is 4.03. The molecule has 2 saturated heterocycles. The molecule has 1 atom stereocenters. The topological polar surface area (TPSA) is 55.9 Å². The van der Waals surface area contributed by atoms with E-state index in [2.05, 4.69) is 21.0 Å². The van der Waals surface area contributed by atoms with Gasteiger partial charge < -0.3 is 10.2 Å². The van der Waals surface area contributed by atoms with E-state index in [1.165, 1.54) is 25.7 Å². The molecule has 1 saturated carbocycles. The molecular weight excluding hydrogens is 316 g/mol. The van der Waals surface area contributed by atoms with Crippen LogP contribution in [0.4, 0.5) is 0 Å². The van der Waals surface area contributed by atoms with Crippen LogP contribution in [0.15, 0.2) is 0 Å². The van der Waals surface area contributed by atoms with Crippen molar-refractivity contribution in [3.8, 4) is 12.3 Å². The van der Waals surface area contributed by atoms with E-state index in [0.717, 1.165) is 45.7 Å². The van der Waals surface area contributed by atoms with Crippen LogP contribution in [0.5, 0.6) is 0 Å². The average Bonchev–Trinajstić information content (AvgIpc) is 3.34. The first kappa shape index (κ1) is 18.2. The molecular formula is C19H30N4O2. The Bertz CT molecular complexity index is 520. The summed E-state index contributed by atoms with van der Waals surface area (Å²) >= 11 is 0. The summed E-state index contributed by atoms with van der Waals surface area (Å²) in [6.45, 7) is 5.91. The van der Waals surface area contributed by atoms with Crippen LogP contribution in [0, 0.1) is 18.3 Å². The molecule has 0 spiro atoms. The molecule has 0 aromatic heterocycles. The molecule has 3 aliphatic rings. The summed E-state index contributed by atoms with van der Waals surface area (Å²) in [6, 6.07) is 0.105. The third kappa shape index (κ3) is 4.96. The second-order valence-corrected chi connectivity index (χ2v) is 7.46. The van der Waals surface area contributed by atoms with Gasteiger partial charge in [-0.1, -0.05) is 5.92 Å². The number of terminal acetylenes is 1. The third-order valence-corrected chi connectivity index (χ3v) is 5.51. The minimum atomic E-state index is -0.0364. The van der Waals surface area contributed by atoms with Crippen LogP contribution in [0.1, 0.15) is 32.1 Å². The van der Waals surface area contributed by atoms with Crippen LogP contribution in [0.3, 0.4) is 0 Å². The average molecular weight is 346 g/mol. The lowest BCUT2D eigenvalue weighted by atomic mass is 10.1. The monoisotopic (exact) mass is 346 g/mol. The number of carbonyl (C=O) groups is 2. The summed E-state index contributed by atoms with van der Waals surface area (Å²) in [5.41, 5.74) is 0. The van der Waals surface area contributed by atoms with Gasteiger partial charge in [0.1, 0.15) is 0 Å². The van der Waals surface area contributed by atoms with E-state index in [-0.39, 0.29) is 18.5 Å². The number of hydrogen-bond acceptors (Lipinski definition) is 4. The lowest BCUT2D eigenvalue weighted by molar-refractivity contribution is -0.137. The molecule has 138 valence electrons. The van der Waals surface area contributed by atoms with Gasteiger partial charge in [-0.3, -0.25) is 19.4 Å². The summed E-state index contributed by atoms with van der Waals surface area (Å²) in [4.78, 5) is 31.6. The van der Waals surface area contributed by atoms with E-state index in [4.69, 9.17) is 6.42 Å². The Kier molecular flexibility index (Phi) is 6.33. The second kappa shape index (κ2) is 8.68. The highest BCUT2D eigenvalue weighted by Crippen LogP contribution is 2.37. The Morgan fingerprint density at radius 1 is 1.04 bits per heavy atom. The Morgan fingerprint density at radius 2 is 1.80 bits per heavy atom. The summed E-state index contributed by atoms with van der Waals surface area (Å²) in [5, 5.41) is 2.71. The van der Waals surface area contributed by atoms with Crippen LogP contribution >= 0.6 is 0 Å². The van der Waals surface area contributed by atoms with Crippen molar-refractivity contribution >= 4 is 11.8 Å². The molecule has 25 heavy (non-hydrogen) atoms. The first-order valence-electron chi connectivity index (χ1n) is 9.64. The normalized spacial score (nSPS) is 23.7. The quantitative estimate of drug-likeness (QED) is 0.696. The molecule has 3 rings (SSSR count). The maximum absolute atomic E-state index is 13.2. The Balaban J connectivity index is 1.52. The molecule has 0 bridgehead atoms. The molecule has 2 aliphatic heterocycles. The van der Waals surface area contributed by atoms with Crippen molar-refractivity contribution in [1.82, 2.24) is 20.0 Å². The van der Waals surface area contributed by atoms with Crippen molar-refractivity contribution in [3.05, 3.63) is 0 Å². The summed E-state index contributed by atoms with van der Waals surface area (Å²) < 4.78 is 0. The highest BCUT2D eigenvalue weighted by atomic mass is 16.2. The van der Waals surface area contributed by atoms with Gasteiger partial charge in [0.15, 0.2) is 0 Å². The van der Waals surface area contributed by atoms with Crippen molar-refractivity contribution in [2.75, 3.05) is 52.4 Å². The first-order valence-corrected chi connectivity index (χ1v) is 9.64. The fraction of sp³-hybridized carbons (Fsp3) is 0.789. The maximum atomic E-state index is 13.2. The largest absolute Gasteiger partial charge is 0.344 e. The number of carbonyl (C=O) groups excluding carboxylic acids is 2. The Hall–Kier alpha value is -1.58. The van der Waals surface area contributed by atoms with Gasteiger partial charge in [0.2, 0.25) is 11.8 Å². The van der Waals surface area contributed by atoms with E-state index < -0.39 is 0 Å². The number of rotatable bonds is 6. The summed E-state index contributed by atoms with van der Waals surface area (Å²) in [5.74, 6) is 3.27. The van der Waals surface area contributed by atoms with Crippen molar-refractivity contribution in [3.63, 3.8) is 0 Å². The third-order valence-electron chi connectivity index (χ3n) is 5.51. The Morgan fingerprint density at radius 3 is 2.48 bits per heavy atom. The van der Waals surface area contributed by atoms with Gasteiger partial charge in [-0.2, -0.15) is 0 Å². The lowest BCUT2D eigenvalue weighted by Gasteiger charge is -2.32. The van der Waals surface area contributed by atoms with E-state index in [1.807, 2.05) is 4.90 Å². The predicted octanol–water partition coefficient (Wildman–Crippen LogP) is 0.145. The number of hydrogen-bond donors (Lipinski definition) is 1. The van der Waals surface area contributed by atoms with Crippen LogP contribution in [0.25, 0.3) is 0 Å². The molecule has 2 amide bonds. The molecule has 6 nitrogen and oxygen atoms in total. The summed E-state index contributed by atoms with van der Waals surface area (Å²) in [6.07, 6.45) is 10.9. The molecule has 0 aromatic rings. The van der Waals surface area contributed by atoms with Crippen molar-refractivity contribution < 1.29 is 9.59 Å². The van der Waals surface area contributed by atoms with Gasteiger partial charge >= 0.3 is 0 Å². The molecule has 3 fully saturated rings. The van der Waals surface area contributed by atoms with Crippen molar-refractivity contribution in [2.24, 2.45) is 5.92 Å². The van der Waals surface area contributed by atoms with E-state index in [0.29, 0.717) is 18.4 Å². The van der Waals surface area contributed by atoms with E-state index in [9.17, 15) is 9.59 Å². The van der Waals surface area contributed by atoms with Gasteiger partial charge in [-0.05, 0) is 51.1 Å². The minimum absolute atomic E-state index is 0.0364. The van der Waals surface area contributed by atoms with Crippen LogP contribution in [0.2, 0.25) is 0 Å². The van der Waals surface area contributed by atoms with Crippen LogP contribution in [-0.4, -0.2) is 84.9 Å². The van der Waals surface area contributed by atoms with Gasteiger partial charge in [-0.25, -0.2) is 0 Å². The van der Waals surface area contributed by atoms with Gasteiger partial charge in [0.25, 0.3) is 0 Å². The fourth-order valence-corrected chi connectivity index (χ4v) is 4.03. The highest BCUT2D eigenvalue weighted by Gasteiger charge is 2.42. The standard InChI is InChI=1S/C19H30N4O2/c1-2-8-20-17(24)15-21-9-5-12-23(14-13-21)19(25)18(16-6-7-16)22-10-3-4-11-22/h1,16,18H,3-15H2,(H,20,24)/t18-/m0/s1. The zero-order valence-electron chi connectivity index (χ0n) is 15.1. The van der Waals surface area contributed by atoms with Crippen LogP contribution < -0.4 is 5.32 Å². The molecule has 1 aliphatic carbocycles. The molecule has 6 heteroatoms. The van der Waals surface area contributed by atoms with Gasteiger partial charge in [-0.15, -0.1) is 6.42 Å². The van der Waals surface area contributed by atoms with E-state index >= 15 is 0 Å².